The Morgan fingerprint density at radius 2 is 1.19 bits per heavy atom. The molecule has 0 saturated heterocycles. The fourth-order valence-electron chi connectivity index (χ4n) is 4.78. The number of benzene rings is 4. The number of aromatic nitrogens is 2. The Kier molecular flexibility index (Phi) is 7.64. The van der Waals surface area contributed by atoms with Gasteiger partial charge in [0.1, 0.15) is 5.82 Å². The normalized spacial score (nSPS) is 12.0. The number of carbonyl (C=O) groups excluding carboxylic acids is 1. The van der Waals surface area contributed by atoms with Crippen LogP contribution < -0.4 is 5.73 Å². The van der Waals surface area contributed by atoms with Gasteiger partial charge in [0.15, 0.2) is 0 Å². The molecular weight excluding hydrogens is 568 g/mol. The molecule has 220 valence electrons. The predicted octanol–water partition coefficient (Wildman–Crippen LogP) is 8.69. The number of hydrogen-bond donors (Lipinski definition) is 1. The molecule has 0 saturated carbocycles. The van der Waals surface area contributed by atoms with Crippen LogP contribution in [0.25, 0.3) is 33.9 Å². The summed E-state index contributed by atoms with van der Waals surface area (Å²) < 4.78 is 84.8. The van der Waals surface area contributed by atoms with Crippen LogP contribution in [0.3, 0.4) is 0 Å². The highest BCUT2D eigenvalue weighted by atomic mass is 19.4. The Morgan fingerprint density at radius 1 is 0.698 bits per heavy atom. The number of rotatable bonds is 6. The Hall–Kier alpha value is -4.86. The van der Waals surface area contributed by atoms with Crippen LogP contribution >= 0.6 is 0 Å². The monoisotopic (exact) mass is 593 g/mol. The molecular formula is C33H25F6N3O. The lowest BCUT2D eigenvalue weighted by molar-refractivity contribution is -0.143. The first-order valence-electron chi connectivity index (χ1n) is 13.1. The topological polar surface area (TPSA) is 60.9 Å². The number of halogens is 6. The first-order valence-corrected chi connectivity index (χ1v) is 13.1. The van der Waals surface area contributed by atoms with E-state index in [0.29, 0.717) is 40.2 Å². The Morgan fingerprint density at radius 3 is 1.65 bits per heavy atom. The van der Waals surface area contributed by atoms with E-state index < -0.39 is 29.4 Å². The Labute approximate surface area is 243 Å². The summed E-state index contributed by atoms with van der Waals surface area (Å²) in [5.74, 6) is -0.720. The second-order valence-electron chi connectivity index (χ2n) is 10.3. The highest BCUT2D eigenvalue weighted by molar-refractivity contribution is 5.92. The molecule has 5 rings (SSSR count). The number of hydrogen-bond acceptors (Lipinski definition) is 2. The summed E-state index contributed by atoms with van der Waals surface area (Å²) in [6.45, 7) is 3.81. The van der Waals surface area contributed by atoms with Gasteiger partial charge in [0.2, 0.25) is 5.91 Å². The smallest absolute Gasteiger partial charge is 0.366 e. The van der Waals surface area contributed by atoms with Crippen LogP contribution in [0.4, 0.5) is 26.3 Å². The number of primary amides is 1. The molecule has 0 unspecified atom stereocenters. The molecule has 0 spiro atoms. The third-order valence-corrected chi connectivity index (χ3v) is 7.04. The number of imidazole rings is 1. The van der Waals surface area contributed by atoms with Crippen molar-refractivity contribution in [2.24, 2.45) is 5.73 Å². The minimum Gasteiger partial charge on any atom is -0.366 e. The van der Waals surface area contributed by atoms with Crippen LogP contribution in [0.1, 0.15) is 38.2 Å². The third kappa shape index (κ3) is 6.33. The molecule has 1 heterocycles. The van der Waals surface area contributed by atoms with Gasteiger partial charge in [0.05, 0.1) is 22.5 Å². The van der Waals surface area contributed by atoms with Gasteiger partial charge < -0.3 is 10.3 Å². The lowest BCUT2D eigenvalue weighted by Gasteiger charge is -2.17. The zero-order chi connectivity index (χ0) is 31.1. The molecule has 0 bridgehead atoms. The molecule has 43 heavy (non-hydrogen) atoms. The largest absolute Gasteiger partial charge is 0.416 e. The van der Waals surface area contributed by atoms with Gasteiger partial charge >= 0.3 is 12.4 Å². The molecule has 1 amide bonds. The molecule has 0 aliphatic heterocycles. The highest BCUT2D eigenvalue weighted by Gasteiger charge is 2.37. The van der Waals surface area contributed by atoms with Gasteiger partial charge in [-0.25, -0.2) is 4.98 Å². The van der Waals surface area contributed by atoms with Crippen LogP contribution in [0.2, 0.25) is 0 Å². The van der Waals surface area contributed by atoms with Crippen molar-refractivity contribution in [1.29, 1.82) is 0 Å². The maximum atomic E-state index is 13.9. The first-order chi connectivity index (χ1) is 20.2. The van der Waals surface area contributed by atoms with Crippen molar-refractivity contribution in [3.05, 3.63) is 124 Å². The minimum absolute atomic E-state index is 0.0219. The molecule has 4 nitrogen and oxygen atoms in total. The quantitative estimate of drug-likeness (QED) is 0.200. The summed E-state index contributed by atoms with van der Waals surface area (Å²) in [4.78, 5) is 16.3. The fraction of sp³-hybridized carbons (Fsp3) is 0.152. The van der Waals surface area contributed by atoms with E-state index in [9.17, 15) is 31.1 Å². The van der Waals surface area contributed by atoms with Crippen LogP contribution in [0.15, 0.2) is 91.0 Å². The molecule has 0 aliphatic carbocycles. The number of nitrogens with zero attached hydrogens (tertiary/aromatic N) is 2. The predicted molar refractivity (Wildman–Crippen MR) is 152 cm³/mol. The van der Waals surface area contributed by atoms with Crippen molar-refractivity contribution >= 4 is 5.91 Å². The van der Waals surface area contributed by atoms with E-state index >= 15 is 0 Å². The molecule has 1 aromatic heterocycles. The van der Waals surface area contributed by atoms with Gasteiger partial charge in [-0.1, -0.05) is 71.8 Å². The van der Waals surface area contributed by atoms with E-state index in [1.807, 2.05) is 50.2 Å². The van der Waals surface area contributed by atoms with Gasteiger partial charge in [-0.15, -0.1) is 0 Å². The zero-order valence-electron chi connectivity index (χ0n) is 23.0. The summed E-state index contributed by atoms with van der Waals surface area (Å²) in [7, 11) is 0. The van der Waals surface area contributed by atoms with E-state index in [1.54, 1.807) is 28.8 Å². The second kappa shape index (κ2) is 11.1. The number of amides is 1. The minimum atomic E-state index is -5.03. The van der Waals surface area contributed by atoms with Gasteiger partial charge in [0.25, 0.3) is 0 Å². The van der Waals surface area contributed by atoms with E-state index in [2.05, 4.69) is 0 Å². The van der Waals surface area contributed by atoms with Crippen molar-refractivity contribution in [2.45, 2.75) is 32.7 Å². The standard InChI is InChI=1S/C33H25F6N3O/c1-19-3-9-22(10-4-19)28-29(23-11-5-20(2)6-12-23)42(18-21-7-13-24(14-8-21)30(40)43)31(41-28)25-15-26(32(34,35)36)17-27(16-25)33(37,38)39/h3-17H,18H2,1-2H3,(H2,40,43). The summed E-state index contributed by atoms with van der Waals surface area (Å²) in [5, 5.41) is 0. The number of carbonyl (C=O) groups is 1. The lowest BCUT2D eigenvalue weighted by atomic mass is 10.0. The van der Waals surface area contributed by atoms with E-state index in [-0.39, 0.29) is 29.6 Å². The third-order valence-electron chi connectivity index (χ3n) is 7.04. The SMILES string of the molecule is Cc1ccc(-c2nc(-c3cc(C(F)(F)F)cc(C(F)(F)F)c3)n(Cc3ccc(C(N)=O)cc3)c2-c2ccc(C)cc2)cc1. The second-order valence-corrected chi connectivity index (χ2v) is 10.3. The van der Waals surface area contributed by atoms with E-state index in [4.69, 9.17) is 10.7 Å². The van der Waals surface area contributed by atoms with Crippen LogP contribution in [-0.2, 0) is 18.9 Å². The zero-order valence-corrected chi connectivity index (χ0v) is 23.0. The summed E-state index contributed by atoms with van der Waals surface area (Å²) >= 11 is 0. The van der Waals surface area contributed by atoms with Crippen LogP contribution in [0, 0.1) is 13.8 Å². The Bertz CT molecular complexity index is 1750. The molecule has 2 N–H and O–H groups in total. The van der Waals surface area contributed by atoms with Crippen molar-refractivity contribution in [3.8, 4) is 33.9 Å². The van der Waals surface area contributed by atoms with Gasteiger partial charge in [-0.05, 0) is 49.7 Å². The van der Waals surface area contributed by atoms with Gasteiger partial charge in [0, 0.05) is 28.8 Å². The van der Waals surface area contributed by atoms with Crippen LogP contribution in [0.5, 0.6) is 0 Å². The van der Waals surface area contributed by atoms with Crippen molar-refractivity contribution in [2.75, 3.05) is 0 Å². The average molecular weight is 594 g/mol. The molecule has 0 atom stereocenters. The molecule has 5 aromatic rings. The van der Waals surface area contributed by atoms with Crippen molar-refractivity contribution in [3.63, 3.8) is 0 Å². The summed E-state index contributed by atoms with van der Waals surface area (Å²) in [6.07, 6.45) is -10.1. The number of nitrogens with two attached hydrogens (primary N) is 1. The molecule has 4 aromatic carbocycles. The lowest BCUT2D eigenvalue weighted by Crippen LogP contribution is -2.12. The molecule has 0 fully saturated rings. The maximum Gasteiger partial charge on any atom is 0.416 e. The van der Waals surface area contributed by atoms with Crippen LogP contribution in [-0.4, -0.2) is 15.5 Å². The van der Waals surface area contributed by atoms with Gasteiger partial charge in [-0.3, -0.25) is 4.79 Å². The molecule has 10 heteroatoms. The van der Waals surface area contributed by atoms with Gasteiger partial charge in [-0.2, -0.15) is 26.3 Å². The average Bonchev–Trinajstić information content (AvgIpc) is 3.32. The number of alkyl halides is 6. The van der Waals surface area contributed by atoms with Crippen molar-refractivity contribution < 1.29 is 31.1 Å². The van der Waals surface area contributed by atoms with E-state index in [0.717, 1.165) is 11.1 Å². The summed E-state index contributed by atoms with van der Waals surface area (Å²) in [6, 6.07) is 22.4. The maximum absolute atomic E-state index is 13.9. The Balaban J connectivity index is 1.84. The highest BCUT2D eigenvalue weighted by Crippen LogP contribution is 2.42. The first kappa shape index (κ1) is 29.6. The fourth-order valence-corrected chi connectivity index (χ4v) is 4.78. The van der Waals surface area contributed by atoms with Crippen molar-refractivity contribution in [1.82, 2.24) is 9.55 Å². The number of aryl methyl sites for hydroxylation is 2. The molecule has 0 aliphatic rings. The molecule has 0 radical (unpaired) electrons. The van der Waals surface area contributed by atoms with E-state index in [1.165, 1.54) is 12.1 Å². The summed E-state index contributed by atoms with van der Waals surface area (Å²) in [5.41, 5.74) is 7.13.